The van der Waals surface area contributed by atoms with Gasteiger partial charge in [0.15, 0.2) is 0 Å². The molecule has 2 aromatic carbocycles. The molecule has 0 fully saturated rings. The quantitative estimate of drug-likeness (QED) is 0.783. The van der Waals surface area contributed by atoms with E-state index in [2.05, 4.69) is 31.9 Å². The molecule has 1 unspecified atom stereocenters. The first-order valence-corrected chi connectivity index (χ1v) is 7.98. The average Bonchev–Trinajstić information content (AvgIpc) is 2.42. The third-order valence-corrected chi connectivity index (χ3v) is 4.86. The maximum absolute atomic E-state index is 10.6. The lowest BCUT2D eigenvalue weighted by atomic mass is 10.00. The SMILES string of the molecule is CCOc1ccc(C(O)c2cccc(C)c2Br)c(Br)c1. The van der Waals surface area contributed by atoms with Crippen molar-refractivity contribution < 1.29 is 9.84 Å². The monoisotopic (exact) mass is 398 g/mol. The van der Waals surface area contributed by atoms with E-state index in [-0.39, 0.29) is 0 Å². The van der Waals surface area contributed by atoms with Crippen molar-refractivity contribution in [1.29, 1.82) is 0 Å². The Hall–Kier alpha value is -0.840. The molecule has 1 atom stereocenters. The Morgan fingerprint density at radius 2 is 1.90 bits per heavy atom. The van der Waals surface area contributed by atoms with Crippen LogP contribution in [0.2, 0.25) is 0 Å². The Bertz CT molecular complexity index is 611. The zero-order valence-corrected chi connectivity index (χ0v) is 14.5. The zero-order chi connectivity index (χ0) is 14.7. The highest BCUT2D eigenvalue weighted by Gasteiger charge is 2.17. The largest absolute Gasteiger partial charge is 0.494 e. The van der Waals surface area contributed by atoms with E-state index < -0.39 is 6.10 Å². The van der Waals surface area contributed by atoms with E-state index >= 15 is 0 Å². The minimum absolute atomic E-state index is 0.623. The standard InChI is InChI=1S/C16H16Br2O2/c1-3-20-11-7-8-12(14(17)9-11)16(19)13-6-4-5-10(2)15(13)18/h4-9,16,19H,3H2,1-2H3. The molecule has 4 heteroatoms. The molecule has 0 amide bonds. The molecule has 2 aromatic rings. The van der Waals surface area contributed by atoms with Crippen molar-refractivity contribution in [2.75, 3.05) is 6.61 Å². The first-order valence-electron chi connectivity index (χ1n) is 6.40. The smallest absolute Gasteiger partial charge is 0.120 e. The van der Waals surface area contributed by atoms with E-state index in [0.717, 1.165) is 31.4 Å². The Kier molecular flexibility index (Phi) is 5.24. The maximum atomic E-state index is 10.6. The fourth-order valence-corrected chi connectivity index (χ4v) is 3.09. The highest BCUT2D eigenvalue weighted by Crippen LogP contribution is 2.35. The molecule has 0 radical (unpaired) electrons. The number of aliphatic hydroxyl groups excluding tert-OH is 1. The molecule has 20 heavy (non-hydrogen) atoms. The summed E-state index contributed by atoms with van der Waals surface area (Å²) >= 11 is 7.04. The molecule has 0 saturated carbocycles. The summed E-state index contributed by atoms with van der Waals surface area (Å²) < 4.78 is 7.22. The number of halogens is 2. The van der Waals surface area contributed by atoms with Crippen molar-refractivity contribution in [3.05, 3.63) is 62.0 Å². The third kappa shape index (κ3) is 3.25. The van der Waals surface area contributed by atoms with E-state index in [4.69, 9.17) is 4.74 Å². The van der Waals surface area contributed by atoms with Crippen LogP contribution in [0.3, 0.4) is 0 Å². The topological polar surface area (TPSA) is 29.5 Å². The summed E-state index contributed by atoms with van der Waals surface area (Å²) in [6, 6.07) is 11.5. The van der Waals surface area contributed by atoms with Crippen LogP contribution in [-0.2, 0) is 0 Å². The Morgan fingerprint density at radius 3 is 2.55 bits per heavy atom. The second-order valence-electron chi connectivity index (χ2n) is 4.50. The number of ether oxygens (including phenoxy) is 1. The Labute approximate surface area is 136 Å². The molecule has 0 bridgehead atoms. The molecule has 106 valence electrons. The number of rotatable bonds is 4. The first-order chi connectivity index (χ1) is 9.54. The molecular formula is C16H16Br2O2. The van der Waals surface area contributed by atoms with E-state index in [1.165, 1.54) is 0 Å². The fourth-order valence-electron chi connectivity index (χ4n) is 2.03. The van der Waals surface area contributed by atoms with Crippen LogP contribution in [0.5, 0.6) is 5.75 Å². The first kappa shape index (κ1) is 15.5. The molecule has 2 nitrogen and oxygen atoms in total. The van der Waals surface area contributed by atoms with Crippen LogP contribution in [0.1, 0.15) is 29.7 Å². The number of hydrogen-bond donors (Lipinski definition) is 1. The van der Waals surface area contributed by atoms with Crippen LogP contribution in [0.15, 0.2) is 45.3 Å². The van der Waals surface area contributed by atoms with E-state index in [0.29, 0.717) is 6.61 Å². The van der Waals surface area contributed by atoms with Gasteiger partial charge in [-0.1, -0.05) is 56.1 Å². The summed E-state index contributed by atoms with van der Waals surface area (Å²) in [7, 11) is 0. The number of aryl methyl sites for hydroxylation is 1. The number of aliphatic hydroxyl groups is 1. The molecule has 2 rings (SSSR count). The van der Waals surface area contributed by atoms with E-state index in [1.54, 1.807) is 0 Å². The van der Waals surface area contributed by atoms with Gasteiger partial charge in [0.1, 0.15) is 11.9 Å². The minimum atomic E-state index is -0.686. The molecule has 0 saturated heterocycles. The van der Waals surface area contributed by atoms with Gasteiger partial charge in [0, 0.05) is 8.95 Å². The molecule has 0 aliphatic heterocycles. The third-order valence-electron chi connectivity index (χ3n) is 3.09. The van der Waals surface area contributed by atoms with Crippen molar-refractivity contribution in [3.8, 4) is 5.75 Å². The van der Waals surface area contributed by atoms with Gasteiger partial charge in [0.2, 0.25) is 0 Å². The van der Waals surface area contributed by atoms with Gasteiger partial charge < -0.3 is 9.84 Å². The molecule has 0 spiro atoms. The van der Waals surface area contributed by atoms with Gasteiger partial charge in [0.05, 0.1) is 6.61 Å². The molecule has 0 aromatic heterocycles. The van der Waals surface area contributed by atoms with E-state index in [1.807, 2.05) is 50.2 Å². The zero-order valence-electron chi connectivity index (χ0n) is 11.4. The maximum Gasteiger partial charge on any atom is 0.120 e. The summed E-state index contributed by atoms with van der Waals surface area (Å²) in [4.78, 5) is 0. The number of benzene rings is 2. The van der Waals surface area contributed by atoms with Crippen molar-refractivity contribution >= 4 is 31.9 Å². The van der Waals surface area contributed by atoms with Gasteiger partial charge in [-0.2, -0.15) is 0 Å². The van der Waals surface area contributed by atoms with Crippen LogP contribution in [-0.4, -0.2) is 11.7 Å². The predicted octanol–water partition coefficient (Wildman–Crippen LogP) is 5.00. The van der Waals surface area contributed by atoms with Gasteiger partial charge in [0.25, 0.3) is 0 Å². The molecule has 0 heterocycles. The lowest BCUT2D eigenvalue weighted by molar-refractivity contribution is 0.218. The second kappa shape index (κ2) is 6.74. The molecular weight excluding hydrogens is 384 g/mol. The second-order valence-corrected chi connectivity index (χ2v) is 6.14. The van der Waals surface area contributed by atoms with Crippen LogP contribution in [0.25, 0.3) is 0 Å². The minimum Gasteiger partial charge on any atom is -0.494 e. The van der Waals surface area contributed by atoms with E-state index in [9.17, 15) is 5.11 Å². The van der Waals surface area contributed by atoms with Crippen LogP contribution >= 0.6 is 31.9 Å². The molecule has 0 aliphatic carbocycles. The van der Waals surface area contributed by atoms with Gasteiger partial charge >= 0.3 is 0 Å². The highest BCUT2D eigenvalue weighted by molar-refractivity contribution is 9.10. The summed E-state index contributed by atoms with van der Waals surface area (Å²) in [6.07, 6.45) is -0.686. The normalized spacial score (nSPS) is 12.2. The summed E-state index contributed by atoms with van der Waals surface area (Å²) in [6.45, 7) is 4.58. The van der Waals surface area contributed by atoms with Crippen LogP contribution in [0, 0.1) is 6.92 Å². The van der Waals surface area contributed by atoms with Gasteiger partial charge in [-0.15, -0.1) is 0 Å². The van der Waals surface area contributed by atoms with Crippen molar-refractivity contribution in [1.82, 2.24) is 0 Å². The Balaban J connectivity index is 2.38. The summed E-state index contributed by atoms with van der Waals surface area (Å²) in [5.74, 6) is 0.790. The Morgan fingerprint density at radius 1 is 1.15 bits per heavy atom. The van der Waals surface area contributed by atoms with Gasteiger partial charge in [-0.3, -0.25) is 0 Å². The van der Waals surface area contributed by atoms with Gasteiger partial charge in [-0.05, 0) is 42.7 Å². The summed E-state index contributed by atoms with van der Waals surface area (Å²) in [5.41, 5.74) is 2.78. The lowest BCUT2D eigenvalue weighted by Gasteiger charge is -2.17. The average molecular weight is 400 g/mol. The van der Waals surface area contributed by atoms with Crippen molar-refractivity contribution in [2.45, 2.75) is 20.0 Å². The molecule has 1 N–H and O–H groups in total. The lowest BCUT2D eigenvalue weighted by Crippen LogP contribution is -2.03. The van der Waals surface area contributed by atoms with Crippen molar-refractivity contribution in [2.24, 2.45) is 0 Å². The highest BCUT2D eigenvalue weighted by atomic mass is 79.9. The number of hydrogen-bond acceptors (Lipinski definition) is 2. The van der Waals surface area contributed by atoms with Crippen LogP contribution < -0.4 is 4.74 Å². The fraction of sp³-hybridized carbons (Fsp3) is 0.250. The van der Waals surface area contributed by atoms with Gasteiger partial charge in [-0.25, -0.2) is 0 Å². The van der Waals surface area contributed by atoms with Crippen LogP contribution in [0.4, 0.5) is 0 Å². The predicted molar refractivity (Wildman–Crippen MR) is 88.3 cm³/mol. The van der Waals surface area contributed by atoms with Crippen molar-refractivity contribution in [3.63, 3.8) is 0 Å². The molecule has 0 aliphatic rings. The summed E-state index contributed by atoms with van der Waals surface area (Å²) in [5, 5.41) is 10.6.